The number of carbonyl (C=O) groups is 1. The summed E-state index contributed by atoms with van der Waals surface area (Å²) in [5, 5.41) is 2.92. The number of aromatic nitrogens is 3. The lowest BCUT2D eigenvalue weighted by molar-refractivity contribution is 0.0600. The minimum absolute atomic E-state index is 0.0671. The molecule has 0 spiro atoms. The van der Waals surface area contributed by atoms with Crippen molar-refractivity contribution in [1.82, 2.24) is 15.0 Å². The van der Waals surface area contributed by atoms with Gasteiger partial charge in [0, 0.05) is 12.6 Å². The van der Waals surface area contributed by atoms with Crippen molar-refractivity contribution in [2.45, 2.75) is 32.2 Å². The summed E-state index contributed by atoms with van der Waals surface area (Å²) < 4.78 is 24.7. The van der Waals surface area contributed by atoms with Crippen LogP contribution in [-0.2, 0) is 4.74 Å². The predicted octanol–water partition coefficient (Wildman–Crippen LogP) is 4.71. The van der Waals surface area contributed by atoms with Crippen LogP contribution in [0.25, 0.3) is 0 Å². The summed E-state index contributed by atoms with van der Waals surface area (Å²) in [6.45, 7) is 2.94. The second kappa shape index (κ2) is 9.59. The van der Waals surface area contributed by atoms with Crippen molar-refractivity contribution in [2.75, 3.05) is 23.9 Å². The van der Waals surface area contributed by atoms with Crippen molar-refractivity contribution in [3.05, 3.63) is 59.9 Å². The minimum atomic E-state index is -0.436. The number of nitrogens with zero attached hydrogens (tertiary/aromatic N) is 4. The maximum absolute atomic E-state index is 14.2. The van der Waals surface area contributed by atoms with Crippen LogP contribution in [0.3, 0.4) is 0 Å². The van der Waals surface area contributed by atoms with E-state index >= 15 is 0 Å². The highest BCUT2D eigenvalue weighted by Gasteiger charge is 2.23. The first-order chi connectivity index (χ1) is 15.5. The molecule has 0 radical (unpaired) electrons. The molecule has 9 heteroatoms. The normalized spacial score (nSPS) is 15.8. The molecular formula is C23H24FN5O3. The third-order valence-corrected chi connectivity index (χ3v) is 5.27. The van der Waals surface area contributed by atoms with E-state index in [2.05, 4.69) is 32.1 Å². The van der Waals surface area contributed by atoms with Crippen LogP contribution in [-0.4, -0.2) is 40.6 Å². The van der Waals surface area contributed by atoms with Gasteiger partial charge in [-0.05, 0) is 62.6 Å². The van der Waals surface area contributed by atoms with Gasteiger partial charge in [-0.2, -0.15) is 15.0 Å². The van der Waals surface area contributed by atoms with Gasteiger partial charge in [0.2, 0.25) is 11.9 Å². The molecule has 1 atom stereocenters. The zero-order valence-electron chi connectivity index (χ0n) is 17.9. The predicted molar refractivity (Wildman–Crippen MR) is 118 cm³/mol. The number of nitrogens with one attached hydrogen (secondary N) is 1. The summed E-state index contributed by atoms with van der Waals surface area (Å²) in [6.07, 6.45) is 3.23. The Balaban J connectivity index is 1.65. The lowest BCUT2D eigenvalue weighted by atomic mass is 10.0. The Hall–Kier alpha value is -3.75. The molecule has 1 N–H and O–H groups in total. The average Bonchev–Trinajstić information content (AvgIpc) is 2.81. The first-order valence-corrected chi connectivity index (χ1v) is 10.4. The number of halogens is 1. The summed E-state index contributed by atoms with van der Waals surface area (Å²) in [6, 6.07) is 13.1. The highest BCUT2D eigenvalue weighted by Crippen LogP contribution is 2.27. The van der Waals surface area contributed by atoms with Gasteiger partial charge in [-0.1, -0.05) is 12.1 Å². The third-order valence-electron chi connectivity index (χ3n) is 5.27. The molecule has 0 saturated carbocycles. The molecule has 4 rings (SSSR count). The molecule has 32 heavy (non-hydrogen) atoms. The Morgan fingerprint density at radius 3 is 2.59 bits per heavy atom. The lowest BCUT2D eigenvalue weighted by Crippen LogP contribution is -2.38. The quantitative estimate of drug-likeness (QED) is 0.555. The molecule has 8 nitrogen and oxygen atoms in total. The molecule has 166 valence electrons. The topological polar surface area (TPSA) is 89.5 Å². The van der Waals surface area contributed by atoms with Gasteiger partial charge in [-0.15, -0.1) is 0 Å². The Kier molecular flexibility index (Phi) is 6.44. The fourth-order valence-corrected chi connectivity index (χ4v) is 3.54. The summed E-state index contributed by atoms with van der Waals surface area (Å²) in [5.74, 6) is 0.237. The number of carbonyl (C=O) groups excluding carboxylic acids is 1. The van der Waals surface area contributed by atoms with E-state index in [0.717, 1.165) is 25.8 Å². The highest BCUT2D eigenvalue weighted by atomic mass is 19.1. The Morgan fingerprint density at radius 1 is 1.09 bits per heavy atom. The number of hydrogen-bond acceptors (Lipinski definition) is 8. The maximum atomic E-state index is 14.2. The monoisotopic (exact) mass is 437 g/mol. The molecule has 1 fully saturated rings. The van der Waals surface area contributed by atoms with Crippen molar-refractivity contribution in [2.24, 2.45) is 0 Å². The molecule has 0 bridgehead atoms. The highest BCUT2D eigenvalue weighted by molar-refractivity contribution is 5.89. The number of benzene rings is 2. The largest absolute Gasteiger partial charge is 0.465 e. The van der Waals surface area contributed by atoms with Crippen LogP contribution in [0.15, 0.2) is 48.5 Å². The number of esters is 1. The van der Waals surface area contributed by atoms with Crippen LogP contribution < -0.4 is 15.0 Å². The number of para-hydroxylation sites is 1. The van der Waals surface area contributed by atoms with E-state index in [1.165, 1.54) is 13.2 Å². The summed E-state index contributed by atoms with van der Waals surface area (Å²) >= 11 is 0. The Labute approximate surface area is 185 Å². The zero-order valence-corrected chi connectivity index (χ0v) is 17.9. The zero-order chi connectivity index (χ0) is 22.5. The molecule has 0 amide bonds. The van der Waals surface area contributed by atoms with Gasteiger partial charge >= 0.3 is 12.0 Å². The van der Waals surface area contributed by atoms with Crippen LogP contribution in [0.5, 0.6) is 11.8 Å². The lowest BCUT2D eigenvalue weighted by Gasteiger charge is -2.33. The van der Waals surface area contributed by atoms with Crippen LogP contribution in [0, 0.1) is 5.82 Å². The molecule has 0 unspecified atom stereocenters. The van der Waals surface area contributed by atoms with E-state index in [1.807, 2.05) is 0 Å². The standard InChI is InChI=1S/C23H24FN5O3/c1-15-7-5-6-14-29(15)22-26-21(25-19-9-4-3-8-18(19)24)27-23(28-22)32-17-12-10-16(11-13-17)20(30)31-2/h3-4,8-13,15H,5-7,14H2,1-2H3,(H,25,26,27,28)/t15-/m1/s1. The first kappa shape index (κ1) is 21.5. The van der Waals surface area contributed by atoms with E-state index in [-0.39, 0.29) is 23.7 Å². The van der Waals surface area contributed by atoms with Crippen molar-refractivity contribution in [3.63, 3.8) is 0 Å². The Morgan fingerprint density at radius 2 is 1.88 bits per heavy atom. The fourth-order valence-electron chi connectivity index (χ4n) is 3.54. The first-order valence-electron chi connectivity index (χ1n) is 10.4. The number of hydrogen-bond donors (Lipinski definition) is 1. The van der Waals surface area contributed by atoms with Gasteiger partial charge in [0.05, 0.1) is 18.4 Å². The summed E-state index contributed by atoms with van der Waals surface area (Å²) in [5.41, 5.74) is 0.657. The van der Waals surface area contributed by atoms with E-state index in [1.54, 1.807) is 42.5 Å². The van der Waals surface area contributed by atoms with Gasteiger partial charge in [0.25, 0.3) is 0 Å². The maximum Gasteiger partial charge on any atom is 0.337 e. The number of anilines is 3. The summed E-state index contributed by atoms with van der Waals surface area (Å²) in [7, 11) is 1.32. The van der Waals surface area contributed by atoms with Crippen molar-refractivity contribution in [1.29, 1.82) is 0 Å². The molecule has 2 heterocycles. The molecule has 1 aliphatic rings. The van der Waals surface area contributed by atoms with Crippen LogP contribution >= 0.6 is 0 Å². The van der Waals surface area contributed by atoms with E-state index in [9.17, 15) is 9.18 Å². The van der Waals surface area contributed by atoms with Crippen molar-refractivity contribution in [3.8, 4) is 11.8 Å². The van der Waals surface area contributed by atoms with Crippen molar-refractivity contribution >= 4 is 23.6 Å². The number of rotatable bonds is 6. The number of ether oxygens (including phenoxy) is 2. The fraction of sp³-hybridized carbons (Fsp3) is 0.304. The molecule has 3 aromatic rings. The average molecular weight is 437 g/mol. The summed E-state index contributed by atoms with van der Waals surface area (Å²) in [4.78, 5) is 27.1. The number of piperidine rings is 1. The SMILES string of the molecule is COC(=O)c1ccc(Oc2nc(Nc3ccccc3F)nc(N3CCCC[C@H]3C)n2)cc1. The number of methoxy groups -OCH3 is 1. The van der Waals surface area contributed by atoms with E-state index in [4.69, 9.17) is 9.47 Å². The van der Waals surface area contributed by atoms with Gasteiger partial charge in [-0.25, -0.2) is 9.18 Å². The van der Waals surface area contributed by atoms with Gasteiger partial charge in [0.15, 0.2) is 0 Å². The van der Waals surface area contributed by atoms with Crippen LogP contribution in [0.2, 0.25) is 0 Å². The molecule has 2 aromatic carbocycles. The molecule has 1 aliphatic heterocycles. The molecule has 0 aliphatic carbocycles. The van der Waals surface area contributed by atoms with Gasteiger partial charge < -0.3 is 19.7 Å². The van der Waals surface area contributed by atoms with Gasteiger partial charge in [0.1, 0.15) is 11.6 Å². The van der Waals surface area contributed by atoms with E-state index < -0.39 is 11.8 Å². The third kappa shape index (κ3) is 4.93. The molecule has 1 aromatic heterocycles. The van der Waals surface area contributed by atoms with Crippen LogP contribution in [0.1, 0.15) is 36.5 Å². The smallest absolute Gasteiger partial charge is 0.337 e. The van der Waals surface area contributed by atoms with E-state index in [0.29, 0.717) is 17.3 Å². The van der Waals surface area contributed by atoms with Gasteiger partial charge in [-0.3, -0.25) is 0 Å². The minimum Gasteiger partial charge on any atom is -0.465 e. The molecular weight excluding hydrogens is 413 g/mol. The second-order valence-electron chi connectivity index (χ2n) is 7.50. The Bertz CT molecular complexity index is 1090. The van der Waals surface area contributed by atoms with Crippen molar-refractivity contribution < 1.29 is 18.7 Å². The molecule has 1 saturated heterocycles. The second-order valence-corrected chi connectivity index (χ2v) is 7.50. The van der Waals surface area contributed by atoms with Crippen LogP contribution in [0.4, 0.5) is 22.0 Å².